The summed E-state index contributed by atoms with van der Waals surface area (Å²) in [5, 5.41) is 0.541. The average Bonchev–Trinajstić information content (AvgIpc) is 2.64. The molecule has 6 heteroatoms. The van der Waals surface area contributed by atoms with Gasteiger partial charge >= 0.3 is 5.97 Å². The summed E-state index contributed by atoms with van der Waals surface area (Å²) in [6, 6.07) is 4.89. The SMILES string of the molecule is Cc1cc(C(=O)ON2C(=O)CCC2=O)ccc1Br. The molecule has 1 aromatic carbocycles. The summed E-state index contributed by atoms with van der Waals surface area (Å²) >= 11 is 3.32. The fourth-order valence-corrected chi connectivity index (χ4v) is 1.81. The predicted molar refractivity (Wildman–Crippen MR) is 65.4 cm³/mol. The van der Waals surface area contributed by atoms with Crippen LogP contribution in [0.1, 0.15) is 28.8 Å². The lowest BCUT2D eigenvalue weighted by atomic mass is 10.1. The molecular weight excluding hydrogens is 302 g/mol. The minimum Gasteiger partial charge on any atom is -0.325 e. The molecule has 2 rings (SSSR count). The van der Waals surface area contributed by atoms with Gasteiger partial charge in [-0.05, 0) is 30.7 Å². The molecule has 0 aromatic heterocycles. The van der Waals surface area contributed by atoms with E-state index in [4.69, 9.17) is 4.84 Å². The number of nitrogens with zero attached hydrogens (tertiary/aromatic N) is 1. The summed E-state index contributed by atoms with van der Waals surface area (Å²) in [4.78, 5) is 39.2. The highest BCUT2D eigenvalue weighted by molar-refractivity contribution is 9.10. The van der Waals surface area contributed by atoms with Crippen molar-refractivity contribution in [1.29, 1.82) is 0 Å². The number of rotatable bonds is 2. The highest BCUT2D eigenvalue weighted by Gasteiger charge is 2.33. The van der Waals surface area contributed by atoms with E-state index in [0.29, 0.717) is 10.6 Å². The van der Waals surface area contributed by atoms with Crippen molar-refractivity contribution in [1.82, 2.24) is 5.06 Å². The molecule has 0 atom stereocenters. The summed E-state index contributed by atoms with van der Waals surface area (Å²) in [6.45, 7) is 1.83. The van der Waals surface area contributed by atoms with Crippen molar-refractivity contribution in [3.63, 3.8) is 0 Å². The van der Waals surface area contributed by atoms with Crippen LogP contribution in [-0.4, -0.2) is 22.8 Å². The van der Waals surface area contributed by atoms with Crippen molar-refractivity contribution in [2.45, 2.75) is 19.8 Å². The molecule has 18 heavy (non-hydrogen) atoms. The molecule has 1 heterocycles. The van der Waals surface area contributed by atoms with Crippen LogP contribution in [0, 0.1) is 6.92 Å². The summed E-state index contributed by atoms with van der Waals surface area (Å²) in [5.41, 5.74) is 1.16. The van der Waals surface area contributed by atoms with Gasteiger partial charge in [0.25, 0.3) is 11.8 Å². The molecule has 1 aromatic rings. The number of carbonyl (C=O) groups is 3. The first-order valence-corrected chi connectivity index (χ1v) is 6.12. The van der Waals surface area contributed by atoms with Gasteiger partial charge in [0.15, 0.2) is 0 Å². The molecule has 1 fully saturated rings. The van der Waals surface area contributed by atoms with E-state index in [0.717, 1.165) is 10.0 Å². The maximum atomic E-state index is 11.8. The van der Waals surface area contributed by atoms with Crippen LogP contribution in [0.3, 0.4) is 0 Å². The molecule has 0 aliphatic carbocycles. The van der Waals surface area contributed by atoms with Crippen LogP contribution < -0.4 is 0 Å². The Morgan fingerprint density at radius 1 is 1.28 bits per heavy atom. The Bertz CT molecular complexity index is 525. The largest absolute Gasteiger partial charge is 0.363 e. The number of carbonyl (C=O) groups excluding carboxylic acids is 3. The fraction of sp³-hybridized carbons (Fsp3) is 0.250. The van der Waals surface area contributed by atoms with Crippen LogP contribution in [0.5, 0.6) is 0 Å². The van der Waals surface area contributed by atoms with Gasteiger partial charge in [0, 0.05) is 17.3 Å². The number of imide groups is 1. The van der Waals surface area contributed by atoms with Gasteiger partial charge in [-0.15, -0.1) is 5.06 Å². The van der Waals surface area contributed by atoms with E-state index in [2.05, 4.69) is 15.9 Å². The van der Waals surface area contributed by atoms with Crippen LogP contribution in [0.4, 0.5) is 0 Å². The molecule has 0 N–H and O–H groups in total. The van der Waals surface area contributed by atoms with E-state index in [1.807, 2.05) is 6.92 Å². The van der Waals surface area contributed by atoms with E-state index >= 15 is 0 Å². The van der Waals surface area contributed by atoms with Gasteiger partial charge in [0.05, 0.1) is 5.56 Å². The van der Waals surface area contributed by atoms with Crippen LogP contribution in [0.25, 0.3) is 0 Å². The van der Waals surface area contributed by atoms with E-state index in [9.17, 15) is 14.4 Å². The van der Waals surface area contributed by atoms with Crippen LogP contribution in [0.15, 0.2) is 22.7 Å². The second-order valence-corrected chi connectivity index (χ2v) is 4.78. The molecule has 0 unspecified atom stereocenters. The smallest absolute Gasteiger partial charge is 0.325 e. The Kier molecular flexibility index (Phi) is 3.47. The van der Waals surface area contributed by atoms with Gasteiger partial charge < -0.3 is 4.84 Å². The zero-order valence-corrected chi connectivity index (χ0v) is 11.2. The molecule has 94 valence electrons. The first-order chi connectivity index (χ1) is 8.49. The highest BCUT2D eigenvalue weighted by atomic mass is 79.9. The number of amides is 2. The third kappa shape index (κ3) is 2.43. The molecular formula is C12H10BrNO4. The lowest BCUT2D eigenvalue weighted by Crippen LogP contribution is -2.32. The van der Waals surface area contributed by atoms with Crippen LogP contribution >= 0.6 is 15.9 Å². The van der Waals surface area contributed by atoms with Crippen molar-refractivity contribution >= 4 is 33.7 Å². The monoisotopic (exact) mass is 311 g/mol. The van der Waals surface area contributed by atoms with Crippen molar-refractivity contribution in [2.24, 2.45) is 0 Å². The number of aryl methyl sites for hydroxylation is 1. The Balaban J connectivity index is 2.14. The summed E-state index contributed by atoms with van der Waals surface area (Å²) in [6.07, 6.45) is 0.178. The highest BCUT2D eigenvalue weighted by Crippen LogP contribution is 2.19. The maximum Gasteiger partial charge on any atom is 0.363 e. The van der Waals surface area contributed by atoms with Gasteiger partial charge in [-0.3, -0.25) is 9.59 Å². The first kappa shape index (κ1) is 12.8. The zero-order chi connectivity index (χ0) is 13.3. The summed E-state index contributed by atoms with van der Waals surface area (Å²) < 4.78 is 0.868. The van der Waals surface area contributed by atoms with Crippen molar-refractivity contribution < 1.29 is 19.2 Å². The summed E-state index contributed by atoms with van der Waals surface area (Å²) in [5.74, 6) is -1.68. The van der Waals surface area contributed by atoms with Gasteiger partial charge in [-0.1, -0.05) is 15.9 Å². The molecule has 0 radical (unpaired) electrons. The number of hydrogen-bond donors (Lipinski definition) is 0. The third-order valence-electron chi connectivity index (χ3n) is 2.57. The van der Waals surface area contributed by atoms with Gasteiger partial charge in [-0.25, -0.2) is 4.79 Å². The van der Waals surface area contributed by atoms with Gasteiger partial charge in [-0.2, -0.15) is 0 Å². The molecule has 2 amide bonds. The Morgan fingerprint density at radius 2 is 1.89 bits per heavy atom. The minimum absolute atomic E-state index is 0.0888. The lowest BCUT2D eigenvalue weighted by molar-refractivity contribution is -0.172. The van der Waals surface area contributed by atoms with Gasteiger partial charge in [0.2, 0.25) is 0 Å². The topological polar surface area (TPSA) is 63.7 Å². The lowest BCUT2D eigenvalue weighted by Gasteiger charge is -2.12. The number of hydrogen-bond acceptors (Lipinski definition) is 4. The number of halogens is 1. The number of hydroxylamine groups is 2. The standard InChI is InChI=1S/C12H10BrNO4/c1-7-6-8(2-3-9(7)13)12(17)18-14-10(15)4-5-11(14)16/h2-3,6H,4-5H2,1H3. The van der Waals surface area contributed by atoms with Gasteiger partial charge in [0.1, 0.15) is 0 Å². The summed E-state index contributed by atoms with van der Waals surface area (Å²) in [7, 11) is 0. The molecule has 1 saturated heterocycles. The molecule has 0 spiro atoms. The molecule has 1 aliphatic rings. The molecule has 1 aliphatic heterocycles. The molecule has 0 bridgehead atoms. The quantitative estimate of drug-likeness (QED) is 0.783. The Labute approximate surface area is 112 Å². The average molecular weight is 312 g/mol. The predicted octanol–water partition coefficient (Wildman–Crippen LogP) is 1.98. The first-order valence-electron chi connectivity index (χ1n) is 5.33. The van der Waals surface area contributed by atoms with E-state index in [1.165, 1.54) is 0 Å². The normalized spacial score (nSPS) is 15.1. The second kappa shape index (κ2) is 4.89. The second-order valence-electron chi connectivity index (χ2n) is 3.92. The maximum absolute atomic E-state index is 11.8. The van der Waals surface area contributed by atoms with E-state index in [1.54, 1.807) is 18.2 Å². The van der Waals surface area contributed by atoms with E-state index < -0.39 is 17.8 Å². The van der Waals surface area contributed by atoms with Crippen molar-refractivity contribution in [3.8, 4) is 0 Å². The molecule has 5 nitrogen and oxygen atoms in total. The fourth-order valence-electron chi connectivity index (χ4n) is 1.57. The van der Waals surface area contributed by atoms with E-state index in [-0.39, 0.29) is 12.8 Å². The zero-order valence-electron chi connectivity index (χ0n) is 9.60. The Morgan fingerprint density at radius 3 is 2.44 bits per heavy atom. The van der Waals surface area contributed by atoms with Crippen molar-refractivity contribution in [3.05, 3.63) is 33.8 Å². The van der Waals surface area contributed by atoms with Crippen LogP contribution in [0.2, 0.25) is 0 Å². The molecule has 0 saturated carbocycles. The van der Waals surface area contributed by atoms with Crippen molar-refractivity contribution in [2.75, 3.05) is 0 Å². The minimum atomic E-state index is -0.714. The third-order valence-corrected chi connectivity index (χ3v) is 3.46. The Hall–Kier alpha value is -1.69. The number of benzene rings is 1. The van der Waals surface area contributed by atoms with Crippen LogP contribution in [-0.2, 0) is 14.4 Å².